The molecular weight excluding hydrogens is 144 g/mol. The minimum atomic E-state index is -0.0869. The van der Waals surface area contributed by atoms with E-state index in [-0.39, 0.29) is 11.9 Å². The zero-order valence-electron chi connectivity index (χ0n) is 5.86. The average molecular weight is 152 g/mol. The summed E-state index contributed by atoms with van der Waals surface area (Å²) in [4.78, 5) is 9.27. The molecule has 0 spiro atoms. The van der Waals surface area contributed by atoms with Gasteiger partial charge in [-0.05, 0) is 6.07 Å². The monoisotopic (exact) mass is 152 g/mol. The lowest BCUT2D eigenvalue weighted by molar-refractivity contribution is -0.429. The molecule has 58 valence electrons. The first-order chi connectivity index (χ1) is 5.38. The van der Waals surface area contributed by atoms with Crippen molar-refractivity contribution in [3.05, 3.63) is 29.8 Å². The van der Waals surface area contributed by atoms with Crippen molar-refractivity contribution >= 4 is 0 Å². The summed E-state index contributed by atoms with van der Waals surface area (Å²) in [5.41, 5.74) is 0.791. The Bertz CT molecular complexity index is 255. The van der Waals surface area contributed by atoms with Crippen LogP contribution in [0.4, 0.5) is 0 Å². The van der Waals surface area contributed by atoms with Gasteiger partial charge in [0.15, 0.2) is 0 Å². The number of benzene rings is 1. The first-order valence-corrected chi connectivity index (χ1v) is 3.44. The van der Waals surface area contributed by atoms with Crippen LogP contribution in [0.25, 0.3) is 0 Å². The first-order valence-electron chi connectivity index (χ1n) is 3.44. The van der Waals surface area contributed by atoms with Crippen LogP contribution in [0.15, 0.2) is 24.3 Å². The predicted molar refractivity (Wildman–Crippen MR) is 37.9 cm³/mol. The molecule has 0 amide bonds. The van der Waals surface area contributed by atoms with Gasteiger partial charge < -0.3 is 5.11 Å². The maximum Gasteiger partial charge on any atom is 0.148 e. The maximum atomic E-state index is 9.31. The summed E-state index contributed by atoms with van der Waals surface area (Å²) < 4.78 is 0. The van der Waals surface area contributed by atoms with Crippen LogP contribution < -0.4 is 0 Å². The van der Waals surface area contributed by atoms with E-state index in [4.69, 9.17) is 4.89 Å². The van der Waals surface area contributed by atoms with Crippen molar-refractivity contribution < 1.29 is 14.9 Å². The SMILES string of the molecule is Oc1ccccc1C1COO1. The third-order valence-electron chi connectivity index (χ3n) is 1.69. The van der Waals surface area contributed by atoms with E-state index in [0.29, 0.717) is 6.61 Å². The van der Waals surface area contributed by atoms with Crippen molar-refractivity contribution in [1.82, 2.24) is 0 Å². The number of rotatable bonds is 1. The molecule has 2 rings (SSSR count). The third kappa shape index (κ3) is 1.08. The Morgan fingerprint density at radius 2 is 2.09 bits per heavy atom. The van der Waals surface area contributed by atoms with Gasteiger partial charge in [-0.25, -0.2) is 9.78 Å². The summed E-state index contributed by atoms with van der Waals surface area (Å²) >= 11 is 0. The van der Waals surface area contributed by atoms with Crippen LogP contribution in [0.5, 0.6) is 5.75 Å². The average Bonchev–Trinajstić information content (AvgIpc) is 1.90. The molecule has 1 unspecified atom stereocenters. The Morgan fingerprint density at radius 3 is 2.64 bits per heavy atom. The fourth-order valence-electron chi connectivity index (χ4n) is 1.04. The van der Waals surface area contributed by atoms with Crippen molar-refractivity contribution in [3.63, 3.8) is 0 Å². The van der Waals surface area contributed by atoms with E-state index in [1.807, 2.05) is 12.1 Å². The summed E-state index contributed by atoms with van der Waals surface area (Å²) in [7, 11) is 0. The Morgan fingerprint density at radius 1 is 1.36 bits per heavy atom. The highest BCUT2D eigenvalue weighted by Crippen LogP contribution is 2.31. The molecule has 0 bridgehead atoms. The molecule has 3 heteroatoms. The van der Waals surface area contributed by atoms with Gasteiger partial charge >= 0.3 is 0 Å². The molecule has 3 nitrogen and oxygen atoms in total. The Kier molecular flexibility index (Phi) is 1.52. The van der Waals surface area contributed by atoms with Gasteiger partial charge in [0.05, 0.1) is 0 Å². The van der Waals surface area contributed by atoms with Gasteiger partial charge in [-0.1, -0.05) is 18.2 Å². The molecule has 1 atom stereocenters. The Hall–Kier alpha value is -1.06. The number of hydrogen-bond donors (Lipinski definition) is 1. The molecule has 0 saturated carbocycles. The molecule has 0 aromatic heterocycles. The molecule has 1 aromatic rings. The van der Waals surface area contributed by atoms with Crippen LogP contribution in [0.3, 0.4) is 0 Å². The molecular formula is C8H8O3. The molecule has 0 aliphatic carbocycles. The highest BCUT2D eigenvalue weighted by Gasteiger charge is 2.24. The molecule has 1 N–H and O–H groups in total. The lowest BCUT2D eigenvalue weighted by atomic mass is 10.1. The number of hydrogen-bond acceptors (Lipinski definition) is 3. The molecule has 1 heterocycles. The van der Waals surface area contributed by atoms with Crippen LogP contribution in [0, 0.1) is 0 Å². The molecule has 1 aliphatic heterocycles. The topological polar surface area (TPSA) is 38.7 Å². The van der Waals surface area contributed by atoms with Gasteiger partial charge in [-0.3, -0.25) is 0 Å². The number of aromatic hydroxyl groups is 1. The highest BCUT2D eigenvalue weighted by molar-refractivity contribution is 5.34. The van der Waals surface area contributed by atoms with Crippen molar-refractivity contribution in [2.45, 2.75) is 6.10 Å². The lowest BCUT2D eigenvalue weighted by Crippen LogP contribution is -2.22. The highest BCUT2D eigenvalue weighted by atomic mass is 17.2. The fourth-order valence-corrected chi connectivity index (χ4v) is 1.04. The molecule has 1 fully saturated rings. The van der Waals surface area contributed by atoms with Gasteiger partial charge in [-0.2, -0.15) is 0 Å². The van der Waals surface area contributed by atoms with Gasteiger partial charge in [0, 0.05) is 5.56 Å². The molecule has 1 aromatic carbocycles. The zero-order valence-corrected chi connectivity index (χ0v) is 5.86. The molecule has 1 aliphatic rings. The minimum Gasteiger partial charge on any atom is -0.508 e. The summed E-state index contributed by atoms with van der Waals surface area (Å²) in [5.74, 6) is 0.265. The van der Waals surface area contributed by atoms with Gasteiger partial charge in [0.1, 0.15) is 18.5 Å². The normalized spacial score (nSPS) is 22.7. The van der Waals surface area contributed by atoms with Crippen molar-refractivity contribution in [3.8, 4) is 5.75 Å². The lowest BCUT2D eigenvalue weighted by Gasteiger charge is -2.25. The summed E-state index contributed by atoms with van der Waals surface area (Å²) in [6.45, 7) is 0.525. The summed E-state index contributed by atoms with van der Waals surface area (Å²) in [6, 6.07) is 7.09. The summed E-state index contributed by atoms with van der Waals surface area (Å²) in [6.07, 6.45) is -0.0869. The third-order valence-corrected chi connectivity index (χ3v) is 1.69. The van der Waals surface area contributed by atoms with Gasteiger partial charge in [0.2, 0.25) is 0 Å². The second-order valence-corrected chi connectivity index (χ2v) is 2.43. The van der Waals surface area contributed by atoms with E-state index in [2.05, 4.69) is 4.89 Å². The van der Waals surface area contributed by atoms with E-state index in [1.165, 1.54) is 0 Å². The van der Waals surface area contributed by atoms with Crippen LogP contribution in [0.1, 0.15) is 11.7 Å². The predicted octanol–water partition coefficient (Wildman–Crippen LogP) is 1.40. The molecule has 0 radical (unpaired) electrons. The van der Waals surface area contributed by atoms with Gasteiger partial charge in [0.25, 0.3) is 0 Å². The van der Waals surface area contributed by atoms with Crippen LogP contribution in [-0.4, -0.2) is 11.7 Å². The van der Waals surface area contributed by atoms with E-state index < -0.39 is 0 Å². The van der Waals surface area contributed by atoms with E-state index >= 15 is 0 Å². The molecule has 11 heavy (non-hydrogen) atoms. The number of para-hydroxylation sites is 1. The Balaban J connectivity index is 2.28. The van der Waals surface area contributed by atoms with Crippen LogP contribution in [-0.2, 0) is 9.78 Å². The summed E-state index contributed by atoms with van der Waals surface area (Å²) in [5, 5.41) is 9.31. The fraction of sp³-hybridized carbons (Fsp3) is 0.250. The number of phenolic OH excluding ortho intramolecular Hbond substituents is 1. The van der Waals surface area contributed by atoms with E-state index in [1.54, 1.807) is 12.1 Å². The smallest absolute Gasteiger partial charge is 0.148 e. The first kappa shape index (κ1) is 6.64. The minimum absolute atomic E-state index is 0.0869. The van der Waals surface area contributed by atoms with Gasteiger partial charge in [-0.15, -0.1) is 0 Å². The second kappa shape index (κ2) is 2.53. The maximum absolute atomic E-state index is 9.31. The number of phenols is 1. The van der Waals surface area contributed by atoms with Crippen molar-refractivity contribution in [2.75, 3.05) is 6.61 Å². The van der Waals surface area contributed by atoms with Crippen molar-refractivity contribution in [1.29, 1.82) is 0 Å². The van der Waals surface area contributed by atoms with Crippen LogP contribution >= 0.6 is 0 Å². The van der Waals surface area contributed by atoms with E-state index in [9.17, 15) is 5.11 Å². The molecule has 1 saturated heterocycles. The Labute approximate surface area is 64.1 Å². The zero-order chi connectivity index (χ0) is 7.68. The largest absolute Gasteiger partial charge is 0.508 e. The second-order valence-electron chi connectivity index (χ2n) is 2.43. The van der Waals surface area contributed by atoms with E-state index in [0.717, 1.165) is 5.56 Å². The standard InChI is InChI=1S/C8H8O3/c9-7-4-2-1-3-6(7)8-5-10-11-8/h1-4,8-9H,5H2. The van der Waals surface area contributed by atoms with Crippen molar-refractivity contribution in [2.24, 2.45) is 0 Å². The van der Waals surface area contributed by atoms with Crippen LogP contribution in [0.2, 0.25) is 0 Å². The quantitative estimate of drug-likeness (QED) is 0.618.